The largest absolute Gasteiger partial charge is 0.440 e. The van der Waals surface area contributed by atoms with E-state index in [2.05, 4.69) is 28.1 Å². The smallest absolute Gasteiger partial charge is 0.0815 e. The van der Waals surface area contributed by atoms with Crippen LogP contribution in [0.1, 0.15) is 16.7 Å². The molecule has 0 unspecified atom stereocenters. The minimum absolute atomic E-state index is 0.608. The summed E-state index contributed by atoms with van der Waals surface area (Å²) in [7, 11) is -1.65. The number of aromatic nitrogens is 1. The van der Waals surface area contributed by atoms with E-state index in [4.69, 9.17) is 4.78 Å². The number of hydrogen-bond donors (Lipinski definition) is 1. The zero-order chi connectivity index (χ0) is 16.5. The Hall–Kier alpha value is -1.76. The minimum atomic E-state index is -1.65. The molecule has 0 bridgehead atoms. The molecule has 24 heavy (non-hydrogen) atoms. The molecule has 1 aliphatic heterocycles. The van der Waals surface area contributed by atoms with Crippen LogP contribution in [0.15, 0.2) is 46.8 Å². The summed E-state index contributed by atoms with van der Waals surface area (Å²) in [4.78, 5) is 7.47. The Morgan fingerprint density at radius 2 is 1.96 bits per heavy atom. The summed E-state index contributed by atoms with van der Waals surface area (Å²) in [5.74, 6) is 0. The average Bonchev–Trinajstić information content (AvgIpc) is 2.96. The summed E-state index contributed by atoms with van der Waals surface area (Å²) >= 11 is 1.68. The molecule has 0 spiro atoms. The van der Waals surface area contributed by atoms with Crippen LogP contribution in [-0.4, -0.2) is 23.0 Å². The van der Waals surface area contributed by atoms with Crippen LogP contribution in [0.4, 0.5) is 0 Å². The fourth-order valence-corrected chi connectivity index (χ4v) is 4.38. The lowest BCUT2D eigenvalue weighted by molar-refractivity contribution is 0.279. The van der Waals surface area contributed by atoms with E-state index in [0.717, 1.165) is 38.0 Å². The molecule has 2 heterocycles. The SMILES string of the molecule is N=[S-](=O)c1ccc2c(c1)CCN(Cc1ccc3scnc3c1)CC2. The summed E-state index contributed by atoms with van der Waals surface area (Å²) in [6, 6.07) is 12.4. The molecular weight excluding hydrogens is 338 g/mol. The van der Waals surface area contributed by atoms with Crippen molar-refractivity contribution in [1.82, 2.24) is 9.88 Å². The lowest BCUT2D eigenvalue weighted by Crippen LogP contribution is -2.25. The molecular formula is C18H18N3OS2-. The molecule has 1 N–H and O–H groups in total. The molecule has 0 saturated heterocycles. The number of hydrogen-bond acceptors (Lipinski definition) is 6. The van der Waals surface area contributed by atoms with Gasteiger partial charge < -0.3 is 8.99 Å². The number of rotatable bonds is 3. The summed E-state index contributed by atoms with van der Waals surface area (Å²) in [5, 5.41) is 0. The summed E-state index contributed by atoms with van der Waals surface area (Å²) < 4.78 is 20.0. The monoisotopic (exact) mass is 356 g/mol. The predicted molar refractivity (Wildman–Crippen MR) is 97.8 cm³/mol. The van der Waals surface area contributed by atoms with Gasteiger partial charge in [-0.25, -0.2) is 4.98 Å². The van der Waals surface area contributed by atoms with Gasteiger partial charge in [0.2, 0.25) is 0 Å². The highest BCUT2D eigenvalue weighted by Crippen LogP contribution is 2.22. The van der Waals surface area contributed by atoms with E-state index in [-0.39, 0.29) is 0 Å². The van der Waals surface area contributed by atoms with Crippen molar-refractivity contribution in [1.29, 1.82) is 4.78 Å². The summed E-state index contributed by atoms with van der Waals surface area (Å²) in [6.45, 7) is 2.93. The molecule has 4 rings (SSSR count). The van der Waals surface area contributed by atoms with E-state index < -0.39 is 10.6 Å². The van der Waals surface area contributed by atoms with Crippen molar-refractivity contribution in [3.05, 3.63) is 58.6 Å². The molecule has 1 aromatic heterocycles. The first-order chi connectivity index (χ1) is 11.7. The summed E-state index contributed by atoms with van der Waals surface area (Å²) in [6.07, 6.45) is 1.94. The lowest BCUT2D eigenvalue weighted by Gasteiger charge is -2.19. The minimum Gasteiger partial charge on any atom is -0.440 e. The van der Waals surface area contributed by atoms with Crippen LogP contribution >= 0.6 is 11.3 Å². The second-order valence-electron chi connectivity index (χ2n) is 6.13. The fourth-order valence-electron chi connectivity index (χ4n) is 3.28. The van der Waals surface area contributed by atoms with Gasteiger partial charge in [0.25, 0.3) is 0 Å². The van der Waals surface area contributed by atoms with Crippen LogP contribution < -0.4 is 0 Å². The first-order valence-electron chi connectivity index (χ1n) is 7.98. The molecule has 0 radical (unpaired) electrons. The maximum atomic E-state index is 11.4. The van der Waals surface area contributed by atoms with Crippen molar-refractivity contribution in [2.24, 2.45) is 0 Å². The second kappa shape index (κ2) is 6.63. The number of benzene rings is 2. The van der Waals surface area contributed by atoms with Crippen LogP contribution in [0.5, 0.6) is 0 Å². The van der Waals surface area contributed by atoms with E-state index in [0.29, 0.717) is 4.90 Å². The van der Waals surface area contributed by atoms with Crippen LogP contribution in [0.25, 0.3) is 10.2 Å². The molecule has 0 saturated carbocycles. The van der Waals surface area contributed by atoms with Crippen LogP contribution in [0, 0.1) is 4.78 Å². The van der Waals surface area contributed by atoms with Crippen molar-refractivity contribution in [3.63, 3.8) is 0 Å². The Bertz CT molecular complexity index is 954. The highest BCUT2D eigenvalue weighted by Gasteiger charge is 2.14. The van der Waals surface area contributed by atoms with Crippen molar-refractivity contribution in [2.75, 3.05) is 13.1 Å². The Morgan fingerprint density at radius 3 is 2.79 bits per heavy atom. The van der Waals surface area contributed by atoms with Gasteiger partial charge in [0.05, 0.1) is 15.7 Å². The molecule has 3 aromatic rings. The van der Waals surface area contributed by atoms with Gasteiger partial charge in [0.15, 0.2) is 0 Å². The maximum Gasteiger partial charge on any atom is 0.0815 e. The fraction of sp³-hybridized carbons (Fsp3) is 0.278. The molecule has 0 atom stereocenters. The van der Waals surface area contributed by atoms with Crippen molar-refractivity contribution < 1.29 is 4.21 Å². The van der Waals surface area contributed by atoms with E-state index in [1.54, 1.807) is 11.3 Å². The maximum absolute atomic E-state index is 11.4. The van der Waals surface area contributed by atoms with Gasteiger partial charge in [0.1, 0.15) is 0 Å². The van der Waals surface area contributed by atoms with Gasteiger partial charge in [-0.1, -0.05) is 29.2 Å². The van der Waals surface area contributed by atoms with Gasteiger partial charge in [-0.15, -0.1) is 11.3 Å². The van der Waals surface area contributed by atoms with E-state index in [9.17, 15) is 4.21 Å². The zero-order valence-corrected chi connectivity index (χ0v) is 14.8. The quantitative estimate of drug-likeness (QED) is 0.722. The first-order valence-corrected chi connectivity index (χ1v) is 10.0. The van der Waals surface area contributed by atoms with E-state index in [1.165, 1.54) is 21.4 Å². The van der Waals surface area contributed by atoms with Crippen LogP contribution in [-0.2, 0) is 34.2 Å². The topological polar surface area (TPSA) is 57.1 Å². The second-order valence-corrected chi connectivity index (χ2v) is 8.03. The zero-order valence-electron chi connectivity index (χ0n) is 13.2. The standard InChI is InChI=1S/C18H18N3OS2/c19-24(22)16-3-2-14-5-7-21(8-6-15(14)10-16)11-13-1-4-18-17(9-13)20-12-23-18/h1-4,9-10,12,19H,5-8,11H2/q-1. The third-order valence-electron chi connectivity index (χ3n) is 4.59. The molecule has 4 nitrogen and oxygen atoms in total. The highest BCUT2D eigenvalue weighted by molar-refractivity contribution is 7.73. The van der Waals surface area contributed by atoms with E-state index in [1.807, 2.05) is 23.7 Å². The van der Waals surface area contributed by atoms with Gasteiger partial charge >= 0.3 is 0 Å². The van der Waals surface area contributed by atoms with Gasteiger partial charge in [-0.2, -0.15) is 10.6 Å². The van der Waals surface area contributed by atoms with Crippen molar-refractivity contribution in [3.8, 4) is 0 Å². The molecule has 124 valence electrons. The lowest BCUT2D eigenvalue weighted by atomic mass is 10.0. The number of thiazole rings is 1. The predicted octanol–water partition coefficient (Wildman–Crippen LogP) is 3.98. The molecule has 1 aliphatic rings. The molecule has 0 aliphatic carbocycles. The number of nitrogens with zero attached hydrogens (tertiary/aromatic N) is 2. The molecule has 2 aromatic carbocycles. The highest BCUT2D eigenvalue weighted by atomic mass is 32.2. The Morgan fingerprint density at radius 1 is 1.12 bits per heavy atom. The molecule has 6 heteroatoms. The normalized spacial score (nSPS) is 15.5. The molecule has 0 fully saturated rings. The third kappa shape index (κ3) is 3.22. The molecule has 0 amide bonds. The van der Waals surface area contributed by atoms with Gasteiger partial charge in [0, 0.05) is 19.6 Å². The van der Waals surface area contributed by atoms with E-state index >= 15 is 0 Å². The van der Waals surface area contributed by atoms with Crippen molar-refractivity contribution >= 4 is 32.1 Å². The Kier molecular flexibility index (Phi) is 4.35. The Labute approximate surface area is 147 Å². The van der Waals surface area contributed by atoms with Gasteiger partial charge in [-0.05, 0) is 41.7 Å². The number of nitrogens with one attached hydrogen (secondary N) is 1. The van der Waals surface area contributed by atoms with Crippen LogP contribution in [0.3, 0.4) is 0 Å². The third-order valence-corrected chi connectivity index (χ3v) is 6.08. The Balaban J connectivity index is 1.50. The first kappa shape index (κ1) is 15.7. The average molecular weight is 356 g/mol. The summed E-state index contributed by atoms with van der Waals surface area (Å²) in [5.41, 5.74) is 6.84. The van der Waals surface area contributed by atoms with Crippen molar-refractivity contribution in [2.45, 2.75) is 24.3 Å². The van der Waals surface area contributed by atoms with Crippen LogP contribution in [0.2, 0.25) is 0 Å². The van der Waals surface area contributed by atoms with Gasteiger partial charge in [-0.3, -0.25) is 4.90 Å². The number of fused-ring (bicyclic) bond motifs is 2.